The van der Waals surface area contributed by atoms with E-state index in [2.05, 4.69) is 45.1 Å². The van der Waals surface area contributed by atoms with Crippen molar-refractivity contribution in [3.8, 4) is 17.3 Å². The third kappa shape index (κ3) is 4.95. The van der Waals surface area contributed by atoms with E-state index >= 15 is 0 Å². The number of benzene rings is 2. The molecule has 1 fully saturated rings. The highest BCUT2D eigenvalue weighted by Gasteiger charge is 2.38. The van der Waals surface area contributed by atoms with Gasteiger partial charge in [0.1, 0.15) is 17.8 Å². The summed E-state index contributed by atoms with van der Waals surface area (Å²) in [5, 5.41) is 13.8. The van der Waals surface area contributed by atoms with E-state index in [1.807, 2.05) is 54.3 Å². The summed E-state index contributed by atoms with van der Waals surface area (Å²) in [6.07, 6.45) is 1.57. The maximum absolute atomic E-state index is 13.2. The van der Waals surface area contributed by atoms with E-state index in [1.165, 1.54) is 0 Å². The van der Waals surface area contributed by atoms with Crippen molar-refractivity contribution in [3.05, 3.63) is 77.1 Å². The monoisotopic (exact) mass is 513 g/mol. The number of hydrogen-bond donors (Lipinski definition) is 2. The summed E-state index contributed by atoms with van der Waals surface area (Å²) in [5.41, 5.74) is 3.83. The maximum Gasteiger partial charge on any atom is 0.318 e. The first kappa shape index (κ1) is 24.6. The number of anilines is 1. The molecule has 37 heavy (non-hydrogen) atoms. The van der Waals surface area contributed by atoms with Crippen molar-refractivity contribution < 1.29 is 4.79 Å². The molecule has 188 valence electrons. The van der Waals surface area contributed by atoms with E-state index in [1.54, 1.807) is 18.5 Å². The Morgan fingerprint density at radius 1 is 1.14 bits per heavy atom. The van der Waals surface area contributed by atoms with Crippen molar-refractivity contribution in [1.82, 2.24) is 25.2 Å². The van der Waals surface area contributed by atoms with Crippen LogP contribution in [0.4, 0.5) is 10.6 Å². The molecule has 1 atom stereocenters. The van der Waals surface area contributed by atoms with Gasteiger partial charge in [0, 0.05) is 30.4 Å². The number of piperazine rings is 1. The average molecular weight is 514 g/mol. The Kier molecular flexibility index (Phi) is 6.48. The zero-order valence-corrected chi connectivity index (χ0v) is 21.8. The molecule has 2 aromatic carbocycles. The zero-order valence-electron chi connectivity index (χ0n) is 21.0. The third-order valence-electron chi connectivity index (χ3n) is 6.89. The molecule has 0 bridgehead atoms. The predicted octanol–water partition coefficient (Wildman–Crippen LogP) is 5.52. The molecular weight excluding hydrogens is 486 g/mol. The number of hydrogen-bond acceptors (Lipinski definition) is 5. The molecule has 3 heterocycles. The lowest BCUT2D eigenvalue weighted by Crippen LogP contribution is -2.63. The van der Waals surface area contributed by atoms with Gasteiger partial charge in [-0.2, -0.15) is 5.26 Å². The molecule has 0 radical (unpaired) electrons. The lowest BCUT2D eigenvalue weighted by atomic mass is 9.98. The van der Waals surface area contributed by atoms with Crippen LogP contribution in [0.2, 0.25) is 5.02 Å². The molecule has 0 spiro atoms. The molecule has 1 aliphatic heterocycles. The summed E-state index contributed by atoms with van der Waals surface area (Å²) in [6, 6.07) is 18.9. The minimum Gasteiger partial charge on any atom is -0.352 e. The van der Waals surface area contributed by atoms with Gasteiger partial charge in [0.15, 0.2) is 0 Å². The number of halogens is 1. The second-order valence-electron chi connectivity index (χ2n) is 9.94. The fourth-order valence-corrected chi connectivity index (χ4v) is 4.99. The summed E-state index contributed by atoms with van der Waals surface area (Å²) in [4.78, 5) is 29.8. The second kappa shape index (κ2) is 9.75. The van der Waals surface area contributed by atoms with Gasteiger partial charge in [0.2, 0.25) is 0 Å². The minimum atomic E-state index is -0.425. The Bertz CT molecular complexity index is 1470. The van der Waals surface area contributed by atoms with Crippen molar-refractivity contribution in [2.75, 3.05) is 24.5 Å². The van der Waals surface area contributed by atoms with Gasteiger partial charge in [-0.05, 0) is 62.2 Å². The second-order valence-corrected chi connectivity index (χ2v) is 10.4. The first-order chi connectivity index (χ1) is 17.7. The first-order valence-corrected chi connectivity index (χ1v) is 12.6. The van der Waals surface area contributed by atoms with Crippen LogP contribution in [0, 0.1) is 11.3 Å². The van der Waals surface area contributed by atoms with Crippen molar-refractivity contribution in [3.63, 3.8) is 0 Å². The predicted molar refractivity (Wildman–Crippen MR) is 145 cm³/mol. The van der Waals surface area contributed by atoms with Crippen LogP contribution in [0.3, 0.4) is 0 Å². The number of aromatic amines is 1. The van der Waals surface area contributed by atoms with Gasteiger partial charge in [0.25, 0.3) is 0 Å². The number of carbonyl (C=O) groups excluding carboxylic acids is 1. The highest BCUT2D eigenvalue weighted by atomic mass is 35.5. The molecule has 1 saturated heterocycles. The van der Waals surface area contributed by atoms with E-state index in [9.17, 15) is 4.79 Å². The molecule has 4 aromatic rings. The molecule has 5 rings (SSSR count). The molecule has 0 saturated carbocycles. The first-order valence-electron chi connectivity index (χ1n) is 12.2. The molecule has 2 N–H and O–H groups in total. The number of urea groups is 1. The van der Waals surface area contributed by atoms with Gasteiger partial charge in [-0.15, -0.1) is 0 Å². The van der Waals surface area contributed by atoms with Crippen LogP contribution < -0.4 is 10.2 Å². The maximum atomic E-state index is 13.2. The number of H-pyrrole nitrogens is 1. The van der Waals surface area contributed by atoms with Crippen molar-refractivity contribution in [1.29, 1.82) is 5.26 Å². The smallest absolute Gasteiger partial charge is 0.318 e. The van der Waals surface area contributed by atoms with Crippen LogP contribution in [0.15, 0.2) is 60.9 Å². The van der Waals surface area contributed by atoms with Crippen LogP contribution in [0.5, 0.6) is 0 Å². The van der Waals surface area contributed by atoms with Crippen molar-refractivity contribution >= 4 is 34.5 Å². The highest BCUT2D eigenvalue weighted by Crippen LogP contribution is 2.32. The number of aromatic nitrogens is 3. The van der Waals surface area contributed by atoms with E-state index in [4.69, 9.17) is 16.9 Å². The van der Waals surface area contributed by atoms with Crippen LogP contribution in [0.25, 0.3) is 22.3 Å². The van der Waals surface area contributed by atoms with Crippen LogP contribution in [-0.4, -0.2) is 51.1 Å². The van der Waals surface area contributed by atoms with Gasteiger partial charge in [-0.25, -0.2) is 14.8 Å². The zero-order chi connectivity index (χ0) is 26.2. The van der Waals surface area contributed by atoms with Crippen molar-refractivity contribution in [2.45, 2.75) is 32.4 Å². The lowest BCUT2D eigenvalue weighted by molar-refractivity contribution is 0.121. The number of nitriles is 1. The topological polar surface area (TPSA) is 101 Å². The minimum absolute atomic E-state index is 0.0929. The number of rotatable bonds is 4. The van der Waals surface area contributed by atoms with E-state index in [0.717, 1.165) is 33.7 Å². The summed E-state index contributed by atoms with van der Waals surface area (Å²) < 4.78 is 0. The quantitative estimate of drug-likeness (QED) is 0.374. The Morgan fingerprint density at radius 2 is 1.86 bits per heavy atom. The standard InChI is InChI=1S/C28H28ClN7O/c1-18(20-8-10-22(29)11-9-20)33-27(37)36-13-12-35(16-28(36,2)3)26-23-14-24(34-25(23)31-17-32-26)21-6-4-19(15-30)5-7-21/h4-11,14,17-18H,12-13,16H2,1-3H3,(H,33,37)(H,31,32,34)/t18-/m0/s1. The Morgan fingerprint density at radius 3 is 2.54 bits per heavy atom. The average Bonchev–Trinajstić information content (AvgIpc) is 3.33. The summed E-state index contributed by atoms with van der Waals surface area (Å²) >= 11 is 6.00. The molecule has 8 nitrogen and oxygen atoms in total. The van der Waals surface area contributed by atoms with Crippen LogP contribution in [0.1, 0.15) is 37.9 Å². The molecule has 0 aliphatic carbocycles. The number of fused-ring (bicyclic) bond motifs is 1. The third-order valence-corrected chi connectivity index (χ3v) is 7.14. The number of nitrogens with one attached hydrogen (secondary N) is 2. The normalized spacial score (nSPS) is 15.9. The lowest BCUT2D eigenvalue weighted by Gasteiger charge is -2.47. The number of carbonyl (C=O) groups is 1. The highest BCUT2D eigenvalue weighted by molar-refractivity contribution is 6.30. The number of amides is 2. The number of nitrogens with zero attached hydrogens (tertiary/aromatic N) is 5. The van der Waals surface area contributed by atoms with Crippen LogP contribution in [-0.2, 0) is 0 Å². The van der Waals surface area contributed by atoms with E-state index in [-0.39, 0.29) is 12.1 Å². The summed E-state index contributed by atoms with van der Waals surface area (Å²) in [5.74, 6) is 0.837. The van der Waals surface area contributed by atoms with Gasteiger partial charge in [-0.3, -0.25) is 0 Å². The Hall–Kier alpha value is -4.09. The van der Waals surface area contributed by atoms with Gasteiger partial charge in [0.05, 0.1) is 28.6 Å². The van der Waals surface area contributed by atoms with Crippen LogP contribution >= 0.6 is 11.6 Å². The Balaban J connectivity index is 1.33. The van der Waals surface area contributed by atoms with Gasteiger partial charge >= 0.3 is 6.03 Å². The fourth-order valence-electron chi connectivity index (χ4n) is 4.87. The molecular formula is C28H28ClN7O. The molecule has 0 unspecified atom stereocenters. The molecule has 1 aliphatic rings. The largest absolute Gasteiger partial charge is 0.352 e. The van der Waals surface area contributed by atoms with Gasteiger partial charge < -0.3 is 20.1 Å². The Labute approximate surface area is 220 Å². The summed E-state index contributed by atoms with van der Waals surface area (Å²) in [7, 11) is 0. The van der Waals surface area contributed by atoms with E-state index < -0.39 is 5.54 Å². The van der Waals surface area contributed by atoms with Gasteiger partial charge in [-0.1, -0.05) is 35.9 Å². The van der Waals surface area contributed by atoms with Crippen molar-refractivity contribution in [2.24, 2.45) is 0 Å². The fraction of sp³-hybridized carbons (Fsp3) is 0.286. The molecule has 2 amide bonds. The SMILES string of the molecule is C[C@H](NC(=O)N1CCN(c2ncnc3[nH]c(-c4ccc(C#N)cc4)cc23)CC1(C)C)c1ccc(Cl)cc1. The molecule has 2 aromatic heterocycles. The molecule has 9 heteroatoms. The summed E-state index contributed by atoms with van der Waals surface area (Å²) in [6.45, 7) is 7.95. The van der Waals surface area contributed by atoms with E-state index in [0.29, 0.717) is 30.2 Å².